The Bertz CT molecular complexity index is 493. The van der Waals surface area contributed by atoms with Gasteiger partial charge in [-0.2, -0.15) is 0 Å². The molecule has 0 radical (unpaired) electrons. The Kier molecular flexibility index (Phi) is 7.69. The zero-order valence-corrected chi connectivity index (χ0v) is 14.8. The fourth-order valence-corrected chi connectivity index (χ4v) is 2.86. The van der Waals surface area contributed by atoms with Crippen LogP contribution in [-0.4, -0.2) is 54.4 Å². The predicted molar refractivity (Wildman–Crippen MR) is 94.5 cm³/mol. The van der Waals surface area contributed by atoms with Gasteiger partial charge in [-0.25, -0.2) is 0 Å². The molecule has 0 bridgehead atoms. The number of rotatable bonds is 8. The van der Waals surface area contributed by atoms with Crippen LogP contribution in [0.1, 0.15) is 32.3 Å². The summed E-state index contributed by atoms with van der Waals surface area (Å²) >= 11 is 0. The molecule has 0 aliphatic carbocycles. The molecule has 0 spiro atoms. The second kappa shape index (κ2) is 9.77. The lowest BCUT2D eigenvalue weighted by Gasteiger charge is -2.32. The first kappa shape index (κ1) is 18.9. The van der Waals surface area contributed by atoms with Crippen LogP contribution in [0.4, 0.5) is 0 Å². The molecule has 1 saturated heterocycles. The lowest BCUT2D eigenvalue weighted by Crippen LogP contribution is -2.44. The van der Waals surface area contributed by atoms with Gasteiger partial charge in [-0.15, -0.1) is 0 Å². The summed E-state index contributed by atoms with van der Waals surface area (Å²) in [7, 11) is 0. The van der Waals surface area contributed by atoms with Crippen molar-refractivity contribution in [3.05, 3.63) is 35.9 Å². The third kappa shape index (κ3) is 6.59. The van der Waals surface area contributed by atoms with E-state index >= 15 is 0 Å². The highest BCUT2D eigenvalue weighted by atomic mass is 16.5. The van der Waals surface area contributed by atoms with Crippen molar-refractivity contribution in [1.82, 2.24) is 10.2 Å². The molecule has 1 amide bonds. The first-order valence-corrected chi connectivity index (χ1v) is 8.87. The second-order valence-corrected chi connectivity index (χ2v) is 6.87. The summed E-state index contributed by atoms with van der Waals surface area (Å²) in [5.41, 5.74) is 1.28. The van der Waals surface area contributed by atoms with Gasteiger partial charge in [0.15, 0.2) is 0 Å². The van der Waals surface area contributed by atoms with Crippen molar-refractivity contribution in [3.63, 3.8) is 0 Å². The number of nitrogens with one attached hydrogen (secondary N) is 1. The number of carbonyl (C=O) groups is 1. The highest BCUT2D eigenvalue weighted by Gasteiger charge is 2.23. The van der Waals surface area contributed by atoms with Gasteiger partial charge in [-0.1, -0.05) is 44.2 Å². The highest BCUT2D eigenvalue weighted by molar-refractivity contribution is 5.76. The Morgan fingerprint density at radius 2 is 2.12 bits per heavy atom. The van der Waals surface area contributed by atoms with Crippen LogP contribution >= 0.6 is 0 Å². The van der Waals surface area contributed by atoms with Gasteiger partial charge in [0.2, 0.25) is 5.91 Å². The van der Waals surface area contributed by atoms with E-state index in [2.05, 4.69) is 22.3 Å². The molecule has 5 heteroatoms. The van der Waals surface area contributed by atoms with E-state index in [0.29, 0.717) is 26.0 Å². The van der Waals surface area contributed by atoms with Crippen molar-refractivity contribution < 1.29 is 14.6 Å². The minimum absolute atomic E-state index is 0.00230. The van der Waals surface area contributed by atoms with Gasteiger partial charge in [0.25, 0.3) is 0 Å². The van der Waals surface area contributed by atoms with Crippen molar-refractivity contribution in [2.75, 3.05) is 26.2 Å². The van der Waals surface area contributed by atoms with Crippen LogP contribution < -0.4 is 5.32 Å². The third-order valence-corrected chi connectivity index (χ3v) is 4.42. The molecule has 1 aromatic carbocycles. The van der Waals surface area contributed by atoms with E-state index in [9.17, 15) is 9.90 Å². The van der Waals surface area contributed by atoms with Crippen LogP contribution in [0.3, 0.4) is 0 Å². The number of ether oxygens (including phenoxy) is 1. The highest BCUT2D eigenvalue weighted by Crippen LogP contribution is 2.12. The lowest BCUT2D eigenvalue weighted by atomic mass is 10.0. The molecule has 1 heterocycles. The number of benzene rings is 1. The Morgan fingerprint density at radius 3 is 2.83 bits per heavy atom. The van der Waals surface area contributed by atoms with E-state index in [0.717, 1.165) is 19.6 Å². The average molecular weight is 334 g/mol. The smallest absolute Gasteiger partial charge is 0.222 e. The van der Waals surface area contributed by atoms with Gasteiger partial charge < -0.3 is 15.2 Å². The molecule has 0 aromatic heterocycles. The summed E-state index contributed by atoms with van der Waals surface area (Å²) in [4.78, 5) is 14.4. The number of hydrogen-bond acceptors (Lipinski definition) is 4. The molecule has 134 valence electrons. The molecular formula is C19H30N2O3. The molecule has 2 rings (SSSR count). The van der Waals surface area contributed by atoms with Crippen molar-refractivity contribution in [2.45, 2.75) is 45.4 Å². The molecule has 1 aromatic rings. The van der Waals surface area contributed by atoms with Crippen LogP contribution in [0.15, 0.2) is 30.3 Å². The Labute approximate surface area is 145 Å². The van der Waals surface area contributed by atoms with Crippen LogP contribution in [0, 0.1) is 5.92 Å². The second-order valence-electron chi connectivity index (χ2n) is 6.87. The quantitative estimate of drug-likeness (QED) is 0.761. The minimum atomic E-state index is -0.363. The summed E-state index contributed by atoms with van der Waals surface area (Å²) in [6, 6.07) is 10.4. The molecule has 2 N–H and O–H groups in total. The molecule has 0 saturated carbocycles. The number of hydrogen-bond donors (Lipinski definition) is 2. The van der Waals surface area contributed by atoms with Crippen molar-refractivity contribution in [2.24, 2.45) is 5.92 Å². The van der Waals surface area contributed by atoms with Gasteiger partial charge in [0.05, 0.1) is 25.2 Å². The van der Waals surface area contributed by atoms with E-state index in [1.807, 2.05) is 32.0 Å². The van der Waals surface area contributed by atoms with Crippen LogP contribution in [0.25, 0.3) is 0 Å². The lowest BCUT2D eigenvalue weighted by molar-refractivity contribution is -0.126. The molecule has 5 nitrogen and oxygen atoms in total. The maximum absolute atomic E-state index is 12.0. The van der Waals surface area contributed by atoms with E-state index in [-0.39, 0.29) is 24.0 Å². The van der Waals surface area contributed by atoms with Crippen molar-refractivity contribution in [1.29, 1.82) is 0 Å². The summed E-state index contributed by atoms with van der Waals surface area (Å²) in [5, 5.41) is 12.6. The fraction of sp³-hybridized carbons (Fsp3) is 0.632. The average Bonchev–Trinajstić information content (AvgIpc) is 2.56. The maximum Gasteiger partial charge on any atom is 0.222 e. The first-order valence-electron chi connectivity index (χ1n) is 8.87. The molecule has 24 heavy (non-hydrogen) atoms. The number of amides is 1. The molecule has 1 aliphatic rings. The molecule has 1 fully saturated rings. The van der Waals surface area contributed by atoms with Gasteiger partial charge >= 0.3 is 0 Å². The summed E-state index contributed by atoms with van der Waals surface area (Å²) in [6.45, 7) is 7.69. The van der Waals surface area contributed by atoms with Crippen molar-refractivity contribution >= 4 is 5.91 Å². The van der Waals surface area contributed by atoms with Crippen LogP contribution in [0.2, 0.25) is 0 Å². The number of morpholine rings is 1. The normalized spacial score (nSPS) is 20.1. The number of aliphatic hydroxyl groups is 1. The largest absolute Gasteiger partial charge is 0.393 e. The Balaban J connectivity index is 1.69. The maximum atomic E-state index is 12.0. The zero-order valence-electron chi connectivity index (χ0n) is 14.8. The summed E-state index contributed by atoms with van der Waals surface area (Å²) in [5.74, 6) is 0.215. The monoisotopic (exact) mass is 334 g/mol. The van der Waals surface area contributed by atoms with E-state index in [1.165, 1.54) is 5.56 Å². The molecule has 1 aliphatic heterocycles. The predicted octanol–water partition coefficient (Wildman–Crippen LogP) is 1.80. The Hall–Kier alpha value is -1.43. The number of nitrogens with zero attached hydrogens (tertiary/aromatic N) is 1. The first-order chi connectivity index (χ1) is 11.5. The van der Waals surface area contributed by atoms with Gasteiger partial charge in [0, 0.05) is 26.2 Å². The third-order valence-electron chi connectivity index (χ3n) is 4.42. The zero-order chi connectivity index (χ0) is 17.4. The fourth-order valence-electron chi connectivity index (χ4n) is 2.86. The number of aliphatic hydroxyl groups excluding tert-OH is 1. The standard InChI is InChI=1S/C19H30N2O3/c1-15(2)18(22)8-9-20-19(23)12-17-14-21(10-11-24-17)13-16-6-4-3-5-7-16/h3-7,15,17-18,22H,8-14H2,1-2H3,(H,20,23). The van der Waals surface area contributed by atoms with Gasteiger partial charge in [-0.05, 0) is 17.9 Å². The Morgan fingerprint density at radius 1 is 1.38 bits per heavy atom. The molecular weight excluding hydrogens is 304 g/mol. The van der Waals surface area contributed by atoms with Gasteiger partial charge in [0.1, 0.15) is 0 Å². The number of carbonyl (C=O) groups excluding carboxylic acids is 1. The van der Waals surface area contributed by atoms with Crippen LogP contribution in [-0.2, 0) is 16.1 Å². The molecule has 2 unspecified atom stereocenters. The summed E-state index contributed by atoms with van der Waals surface area (Å²) < 4.78 is 5.73. The topological polar surface area (TPSA) is 61.8 Å². The van der Waals surface area contributed by atoms with Crippen LogP contribution in [0.5, 0.6) is 0 Å². The molecule has 2 atom stereocenters. The van der Waals surface area contributed by atoms with E-state index in [1.54, 1.807) is 0 Å². The van der Waals surface area contributed by atoms with Gasteiger partial charge in [-0.3, -0.25) is 9.69 Å². The van der Waals surface area contributed by atoms with E-state index < -0.39 is 0 Å². The summed E-state index contributed by atoms with van der Waals surface area (Å²) in [6.07, 6.45) is 0.549. The van der Waals surface area contributed by atoms with E-state index in [4.69, 9.17) is 4.74 Å². The minimum Gasteiger partial charge on any atom is -0.393 e. The van der Waals surface area contributed by atoms with Crippen molar-refractivity contribution in [3.8, 4) is 0 Å². The SMILES string of the molecule is CC(C)C(O)CCNC(=O)CC1CN(Cc2ccccc2)CCO1.